The minimum atomic E-state index is -0.290. The molecule has 1 unspecified atom stereocenters. The first-order chi connectivity index (χ1) is 14.9. The maximum absolute atomic E-state index is 13.7. The van der Waals surface area contributed by atoms with E-state index in [1.807, 2.05) is 11.8 Å². The first-order valence-electron chi connectivity index (χ1n) is 10.4. The largest absolute Gasteiger partial charge is 0.368 e. The molecule has 1 aromatic heterocycles. The van der Waals surface area contributed by atoms with Crippen molar-refractivity contribution < 1.29 is 9.18 Å². The summed E-state index contributed by atoms with van der Waals surface area (Å²) in [4.78, 5) is 24.8. The van der Waals surface area contributed by atoms with Crippen LogP contribution < -0.4 is 10.6 Å². The van der Waals surface area contributed by atoms with Gasteiger partial charge < -0.3 is 15.5 Å². The van der Waals surface area contributed by atoms with Crippen LogP contribution in [0, 0.1) is 11.7 Å². The van der Waals surface area contributed by atoms with E-state index in [2.05, 4.69) is 27.5 Å². The van der Waals surface area contributed by atoms with Crippen molar-refractivity contribution in [3.05, 3.63) is 58.8 Å². The van der Waals surface area contributed by atoms with Crippen molar-refractivity contribution >= 4 is 40.1 Å². The Hall–Kier alpha value is -2.32. The molecule has 1 aromatic carbocycles. The molecule has 9 heteroatoms. The minimum absolute atomic E-state index is 0.00482. The number of thioether (sulfide) groups is 1. The van der Waals surface area contributed by atoms with Crippen LogP contribution in [0.1, 0.15) is 32.3 Å². The number of nitrogens with zero attached hydrogens (tertiary/aromatic N) is 3. The lowest BCUT2D eigenvalue weighted by Crippen LogP contribution is -2.52. The number of hydrogen-bond acceptors (Lipinski definition) is 6. The molecule has 0 bridgehead atoms. The van der Waals surface area contributed by atoms with Gasteiger partial charge in [0.2, 0.25) is 5.95 Å². The number of aromatic nitrogens is 2. The number of nitrogens with one attached hydrogen (secondary N) is 2. The second kappa shape index (κ2) is 9.44. The lowest BCUT2D eigenvalue weighted by Gasteiger charge is -2.40. The van der Waals surface area contributed by atoms with Gasteiger partial charge in [0, 0.05) is 18.0 Å². The van der Waals surface area contributed by atoms with E-state index in [0.29, 0.717) is 35.7 Å². The number of rotatable bonds is 5. The van der Waals surface area contributed by atoms with Crippen molar-refractivity contribution in [2.75, 3.05) is 18.4 Å². The van der Waals surface area contributed by atoms with Gasteiger partial charge in [0.15, 0.2) is 0 Å². The molecule has 6 nitrogen and oxygen atoms in total. The Morgan fingerprint density at radius 2 is 2.00 bits per heavy atom. The molecule has 164 valence electrons. The molecule has 0 aliphatic carbocycles. The zero-order chi connectivity index (χ0) is 22.0. The predicted octanol–water partition coefficient (Wildman–Crippen LogP) is 4.36. The number of hydrogen-bond donors (Lipinski definition) is 2. The molecule has 4 rings (SSSR count). The zero-order valence-electron chi connectivity index (χ0n) is 17.4. The molecule has 3 heterocycles. The SMILES string of the molecule is CC1NC(C(=O)N2CCC[C@@H](C)[C@H]2CNc2ncc(Cl)cn2)=C(c2ccc(F)cc2)S1. The van der Waals surface area contributed by atoms with Crippen LogP contribution in [0.25, 0.3) is 4.91 Å². The molecule has 0 saturated carbocycles. The maximum Gasteiger partial charge on any atom is 0.271 e. The van der Waals surface area contributed by atoms with Crippen LogP contribution in [-0.4, -0.2) is 45.3 Å². The number of likely N-dealkylation sites (tertiary alicyclic amines) is 1. The Morgan fingerprint density at radius 3 is 2.71 bits per heavy atom. The van der Waals surface area contributed by atoms with Gasteiger partial charge in [0.1, 0.15) is 11.5 Å². The fraction of sp³-hybridized carbons (Fsp3) is 0.409. The highest BCUT2D eigenvalue weighted by atomic mass is 35.5. The molecule has 31 heavy (non-hydrogen) atoms. The third-order valence-electron chi connectivity index (χ3n) is 5.66. The zero-order valence-corrected chi connectivity index (χ0v) is 19.0. The molecule has 3 atom stereocenters. The number of carbonyl (C=O) groups excluding carboxylic acids is 1. The number of piperidine rings is 1. The Labute approximate surface area is 190 Å². The summed E-state index contributed by atoms with van der Waals surface area (Å²) in [6, 6.07) is 6.30. The molecular formula is C22H25ClFN5OS. The van der Waals surface area contributed by atoms with Gasteiger partial charge >= 0.3 is 0 Å². The molecule has 2 N–H and O–H groups in total. The number of benzene rings is 1. The molecule has 1 fully saturated rings. The van der Waals surface area contributed by atoms with Crippen LogP contribution in [0.2, 0.25) is 5.02 Å². The number of amides is 1. The summed E-state index contributed by atoms with van der Waals surface area (Å²) >= 11 is 7.45. The lowest BCUT2D eigenvalue weighted by molar-refractivity contribution is -0.132. The Morgan fingerprint density at radius 1 is 1.29 bits per heavy atom. The number of anilines is 1. The monoisotopic (exact) mass is 461 g/mol. The normalized spacial score (nSPS) is 23.6. The number of halogens is 2. The van der Waals surface area contributed by atoms with Gasteiger partial charge in [-0.05, 0) is 43.4 Å². The summed E-state index contributed by atoms with van der Waals surface area (Å²) in [5.74, 6) is 0.510. The molecule has 2 aromatic rings. The molecule has 2 aliphatic heterocycles. The average molecular weight is 462 g/mol. The van der Waals surface area contributed by atoms with E-state index in [-0.39, 0.29) is 23.1 Å². The lowest BCUT2D eigenvalue weighted by atomic mass is 9.90. The average Bonchev–Trinajstić information content (AvgIpc) is 3.15. The fourth-order valence-corrected chi connectivity index (χ4v) is 5.23. The fourth-order valence-electron chi connectivity index (χ4n) is 4.06. The highest BCUT2D eigenvalue weighted by Gasteiger charge is 2.36. The predicted molar refractivity (Wildman–Crippen MR) is 123 cm³/mol. The summed E-state index contributed by atoms with van der Waals surface area (Å²) in [7, 11) is 0. The van der Waals surface area contributed by atoms with Crippen LogP contribution in [0.5, 0.6) is 0 Å². The summed E-state index contributed by atoms with van der Waals surface area (Å²) < 4.78 is 13.4. The van der Waals surface area contributed by atoms with Gasteiger partial charge in [0.05, 0.1) is 28.8 Å². The van der Waals surface area contributed by atoms with Gasteiger partial charge in [0.25, 0.3) is 5.91 Å². The van der Waals surface area contributed by atoms with Crippen molar-refractivity contribution in [2.24, 2.45) is 5.92 Å². The van der Waals surface area contributed by atoms with Crippen LogP contribution >= 0.6 is 23.4 Å². The maximum atomic E-state index is 13.7. The van der Waals surface area contributed by atoms with E-state index in [9.17, 15) is 9.18 Å². The highest BCUT2D eigenvalue weighted by Crippen LogP contribution is 2.39. The van der Waals surface area contributed by atoms with Gasteiger partial charge in [-0.25, -0.2) is 14.4 Å². The standard InChI is InChI=1S/C22H25ClFN5OS/c1-13-4-3-9-29(18(13)12-27-22-25-10-16(23)11-26-22)21(30)19-20(31-14(2)28-19)15-5-7-17(24)8-6-15/h5-8,10-11,13-14,18,28H,3-4,9,12H2,1-2H3,(H,25,26,27)/t13-,14?,18-/m1/s1. The van der Waals surface area contributed by atoms with E-state index < -0.39 is 0 Å². The summed E-state index contributed by atoms with van der Waals surface area (Å²) in [6.07, 6.45) is 5.11. The van der Waals surface area contributed by atoms with Crippen molar-refractivity contribution in [1.82, 2.24) is 20.2 Å². The molecule has 0 spiro atoms. The second-order valence-corrected chi connectivity index (χ2v) is 9.69. The van der Waals surface area contributed by atoms with E-state index in [4.69, 9.17) is 11.6 Å². The van der Waals surface area contributed by atoms with E-state index in [1.54, 1.807) is 36.3 Å². The third kappa shape index (κ3) is 4.96. The van der Waals surface area contributed by atoms with Crippen LogP contribution in [0.3, 0.4) is 0 Å². The van der Waals surface area contributed by atoms with Crippen molar-refractivity contribution in [1.29, 1.82) is 0 Å². The molecule has 1 amide bonds. The van der Waals surface area contributed by atoms with Gasteiger partial charge in [-0.1, -0.05) is 42.4 Å². The third-order valence-corrected chi connectivity index (χ3v) is 7.00. The van der Waals surface area contributed by atoms with E-state index >= 15 is 0 Å². The Kier molecular flexibility index (Phi) is 6.67. The second-order valence-electron chi connectivity index (χ2n) is 7.91. The van der Waals surface area contributed by atoms with Gasteiger partial charge in [-0.2, -0.15) is 0 Å². The topological polar surface area (TPSA) is 70.2 Å². The molecule has 0 radical (unpaired) electrons. The molecular weight excluding hydrogens is 437 g/mol. The minimum Gasteiger partial charge on any atom is -0.368 e. The quantitative estimate of drug-likeness (QED) is 0.689. The summed E-state index contributed by atoms with van der Waals surface area (Å²) in [6.45, 7) is 5.43. The van der Waals surface area contributed by atoms with Crippen LogP contribution in [0.15, 0.2) is 42.4 Å². The van der Waals surface area contributed by atoms with Crippen molar-refractivity contribution in [3.8, 4) is 0 Å². The van der Waals surface area contributed by atoms with E-state index in [1.165, 1.54) is 12.1 Å². The smallest absolute Gasteiger partial charge is 0.271 e. The van der Waals surface area contributed by atoms with Crippen molar-refractivity contribution in [2.45, 2.75) is 38.1 Å². The Bertz CT molecular complexity index is 969. The summed E-state index contributed by atoms with van der Waals surface area (Å²) in [5.41, 5.74) is 1.44. The highest BCUT2D eigenvalue weighted by molar-refractivity contribution is 8.09. The first-order valence-corrected chi connectivity index (χ1v) is 11.6. The summed E-state index contributed by atoms with van der Waals surface area (Å²) in [5, 5.41) is 7.12. The van der Waals surface area contributed by atoms with Crippen LogP contribution in [0.4, 0.5) is 10.3 Å². The van der Waals surface area contributed by atoms with E-state index in [0.717, 1.165) is 23.3 Å². The molecule has 1 saturated heterocycles. The van der Waals surface area contributed by atoms with Gasteiger partial charge in [-0.3, -0.25) is 4.79 Å². The van der Waals surface area contributed by atoms with Crippen LogP contribution in [-0.2, 0) is 4.79 Å². The van der Waals surface area contributed by atoms with Crippen molar-refractivity contribution in [3.63, 3.8) is 0 Å². The number of carbonyl (C=O) groups is 1. The Balaban J connectivity index is 1.57. The van der Waals surface area contributed by atoms with Gasteiger partial charge in [-0.15, -0.1) is 0 Å². The molecule has 2 aliphatic rings. The first kappa shape index (κ1) is 21.9.